The summed E-state index contributed by atoms with van der Waals surface area (Å²) >= 11 is 1.98. The van der Waals surface area contributed by atoms with E-state index in [2.05, 4.69) is 43.1 Å². The number of thiophene rings is 1. The second kappa shape index (κ2) is 7.41. The molecular weight excluding hydrogens is 252 g/mol. The van der Waals surface area contributed by atoms with Crippen molar-refractivity contribution in [2.45, 2.75) is 59.2 Å². The summed E-state index contributed by atoms with van der Waals surface area (Å²) in [5.74, 6) is 0.863. The fourth-order valence-electron chi connectivity index (χ4n) is 2.79. The Balaban J connectivity index is 1.84. The summed E-state index contributed by atoms with van der Waals surface area (Å²) < 4.78 is 0. The molecule has 1 fully saturated rings. The molecule has 2 rings (SSSR count). The number of piperidine rings is 1. The first-order valence-electron chi connectivity index (χ1n) is 7.71. The largest absolute Gasteiger partial charge is 0.312 e. The van der Waals surface area contributed by atoms with Crippen molar-refractivity contribution in [1.82, 2.24) is 10.2 Å². The summed E-state index contributed by atoms with van der Waals surface area (Å²) in [6.07, 6.45) is 3.97. The molecule has 1 aliphatic heterocycles. The molecule has 0 saturated carbocycles. The van der Waals surface area contributed by atoms with Crippen molar-refractivity contribution in [1.29, 1.82) is 0 Å². The average molecular weight is 280 g/mol. The highest BCUT2D eigenvalue weighted by Crippen LogP contribution is 2.25. The lowest BCUT2D eigenvalue weighted by Crippen LogP contribution is -2.40. The quantitative estimate of drug-likeness (QED) is 0.796. The summed E-state index contributed by atoms with van der Waals surface area (Å²) in [6.45, 7) is 11.5. The maximum atomic E-state index is 3.48. The third kappa shape index (κ3) is 4.59. The molecule has 0 radical (unpaired) electrons. The lowest BCUT2D eigenvalue weighted by molar-refractivity contribution is 0.118. The predicted octanol–water partition coefficient (Wildman–Crippen LogP) is 3.87. The first-order chi connectivity index (χ1) is 9.19. The monoisotopic (exact) mass is 280 g/mol. The molecule has 2 atom stereocenters. The van der Waals surface area contributed by atoms with Crippen molar-refractivity contribution in [2.75, 3.05) is 13.1 Å². The van der Waals surface area contributed by atoms with E-state index in [-0.39, 0.29) is 0 Å². The van der Waals surface area contributed by atoms with Crippen molar-refractivity contribution < 1.29 is 0 Å². The van der Waals surface area contributed by atoms with Crippen LogP contribution in [0.5, 0.6) is 0 Å². The Morgan fingerprint density at radius 2 is 2.05 bits per heavy atom. The van der Waals surface area contributed by atoms with Gasteiger partial charge in [0.25, 0.3) is 0 Å². The third-order valence-electron chi connectivity index (χ3n) is 4.05. The van der Waals surface area contributed by atoms with E-state index in [4.69, 9.17) is 0 Å². The Morgan fingerprint density at radius 3 is 2.84 bits per heavy atom. The van der Waals surface area contributed by atoms with Crippen LogP contribution in [-0.2, 0) is 13.1 Å². The standard InChI is InChI=1S/C16H28N2S/c1-4-9-17-10-15-7-8-16(19-15)12-18-11-13(2)5-6-14(18)3/h7-8,13-14,17H,4-6,9-12H2,1-3H3. The summed E-state index contributed by atoms with van der Waals surface area (Å²) in [4.78, 5) is 5.65. The molecule has 2 unspecified atom stereocenters. The van der Waals surface area contributed by atoms with Gasteiger partial charge in [0.15, 0.2) is 0 Å². The van der Waals surface area contributed by atoms with Crippen LogP contribution in [0.4, 0.5) is 0 Å². The van der Waals surface area contributed by atoms with Crippen LogP contribution in [0, 0.1) is 5.92 Å². The number of rotatable bonds is 6. The zero-order valence-electron chi connectivity index (χ0n) is 12.6. The van der Waals surface area contributed by atoms with E-state index in [0.29, 0.717) is 0 Å². The van der Waals surface area contributed by atoms with Crippen molar-refractivity contribution in [3.05, 3.63) is 21.9 Å². The fourth-order valence-corrected chi connectivity index (χ4v) is 3.80. The van der Waals surface area contributed by atoms with Gasteiger partial charge in [-0.25, -0.2) is 0 Å². The molecule has 3 heteroatoms. The van der Waals surface area contributed by atoms with Crippen LogP contribution in [0.15, 0.2) is 12.1 Å². The van der Waals surface area contributed by atoms with Gasteiger partial charge in [-0.2, -0.15) is 0 Å². The van der Waals surface area contributed by atoms with Gasteiger partial charge in [-0.15, -0.1) is 11.3 Å². The fraction of sp³-hybridized carbons (Fsp3) is 0.750. The van der Waals surface area contributed by atoms with Gasteiger partial charge in [-0.3, -0.25) is 4.90 Å². The molecule has 1 aromatic heterocycles. The van der Waals surface area contributed by atoms with Crippen molar-refractivity contribution in [3.63, 3.8) is 0 Å². The van der Waals surface area contributed by atoms with Crippen molar-refractivity contribution in [3.8, 4) is 0 Å². The van der Waals surface area contributed by atoms with Crippen LogP contribution in [0.3, 0.4) is 0 Å². The Labute approximate surface area is 122 Å². The molecule has 0 aliphatic carbocycles. The first-order valence-corrected chi connectivity index (χ1v) is 8.53. The van der Waals surface area contributed by atoms with Crippen LogP contribution in [0.2, 0.25) is 0 Å². The predicted molar refractivity (Wildman–Crippen MR) is 84.6 cm³/mol. The van der Waals surface area contributed by atoms with Gasteiger partial charge < -0.3 is 5.32 Å². The zero-order chi connectivity index (χ0) is 13.7. The minimum Gasteiger partial charge on any atom is -0.312 e. The van der Waals surface area contributed by atoms with E-state index >= 15 is 0 Å². The Kier molecular flexibility index (Phi) is 5.86. The second-order valence-corrected chi connectivity index (χ2v) is 7.26. The van der Waals surface area contributed by atoms with E-state index < -0.39 is 0 Å². The number of hydrogen-bond acceptors (Lipinski definition) is 3. The molecule has 108 valence electrons. The molecule has 0 spiro atoms. The molecule has 2 heterocycles. The summed E-state index contributed by atoms with van der Waals surface area (Å²) in [6, 6.07) is 5.36. The third-order valence-corrected chi connectivity index (χ3v) is 5.12. The normalized spacial score (nSPS) is 24.8. The molecule has 1 aromatic rings. The molecular formula is C16H28N2S. The summed E-state index contributed by atoms with van der Waals surface area (Å²) in [7, 11) is 0. The topological polar surface area (TPSA) is 15.3 Å². The molecule has 0 amide bonds. The second-order valence-electron chi connectivity index (χ2n) is 6.01. The maximum Gasteiger partial charge on any atom is 0.0330 e. The van der Waals surface area contributed by atoms with Crippen LogP contribution in [0.1, 0.15) is 49.8 Å². The number of nitrogens with zero attached hydrogens (tertiary/aromatic N) is 1. The van der Waals surface area contributed by atoms with Gasteiger partial charge in [0, 0.05) is 35.4 Å². The van der Waals surface area contributed by atoms with E-state index in [9.17, 15) is 0 Å². The van der Waals surface area contributed by atoms with Gasteiger partial charge >= 0.3 is 0 Å². The highest BCUT2D eigenvalue weighted by Gasteiger charge is 2.23. The lowest BCUT2D eigenvalue weighted by Gasteiger charge is -2.36. The van der Waals surface area contributed by atoms with Crippen LogP contribution >= 0.6 is 11.3 Å². The Bertz CT molecular complexity index is 375. The van der Waals surface area contributed by atoms with Crippen LogP contribution < -0.4 is 5.32 Å². The molecule has 0 aromatic carbocycles. The molecule has 1 saturated heterocycles. The van der Waals surface area contributed by atoms with Gasteiger partial charge in [-0.05, 0) is 50.8 Å². The smallest absolute Gasteiger partial charge is 0.0330 e. The van der Waals surface area contributed by atoms with Crippen LogP contribution in [-0.4, -0.2) is 24.0 Å². The average Bonchev–Trinajstić information content (AvgIpc) is 2.82. The van der Waals surface area contributed by atoms with Crippen LogP contribution in [0.25, 0.3) is 0 Å². The van der Waals surface area contributed by atoms with Crippen molar-refractivity contribution >= 4 is 11.3 Å². The van der Waals surface area contributed by atoms with Gasteiger partial charge in [0.2, 0.25) is 0 Å². The van der Waals surface area contributed by atoms with E-state index in [1.165, 1.54) is 35.6 Å². The van der Waals surface area contributed by atoms with Crippen molar-refractivity contribution in [2.24, 2.45) is 5.92 Å². The highest BCUT2D eigenvalue weighted by atomic mass is 32.1. The molecule has 19 heavy (non-hydrogen) atoms. The minimum absolute atomic E-state index is 0.750. The zero-order valence-corrected chi connectivity index (χ0v) is 13.4. The Morgan fingerprint density at radius 1 is 1.26 bits per heavy atom. The Hall–Kier alpha value is -0.380. The highest BCUT2D eigenvalue weighted by molar-refractivity contribution is 7.11. The number of nitrogens with one attached hydrogen (secondary N) is 1. The van der Waals surface area contributed by atoms with E-state index in [1.54, 1.807) is 0 Å². The number of hydrogen-bond donors (Lipinski definition) is 1. The molecule has 0 bridgehead atoms. The van der Waals surface area contributed by atoms with E-state index in [0.717, 1.165) is 31.6 Å². The SMILES string of the molecule is CCCNCc1ccc(CN2CC(C)CCC2C)s1. The number of likely N-dealkylation sites (tertiary alicyclic amines) is 1. The molecule has 1 N–H and O–H groups in total. The molecule has 1 aliphatic rings. The van der Waals surface area contributed by atoms with E-state index in [1.807, 2.05) is 11.3 Å². The summed E-state index contributed by atoms with van der Waals surface area (Å²) in [5.41, 5.74) is 0. The maximum absolute atomic E-state index is 3.48. The van der Waals surface area contributed by atoms with Gasteiger partial charge in [0.1, 0.15) is 0 Å². The van der Waals surface area contributed by atoms with Gasteiger partial charge in [-0.1, -0.05) is 13.8 Å². The first kappa shape index (κ1) is 15.0. The lowest BCUT2D eigenvalue weighted by atomic mass is 9.95. The minimum atomic E-state index is 0.750. The summed E-state index contributed by atoms with van der Waals surface area (Å²) in [5, 5.41) is 3.48. The molecule has 2 nitrogen and oxygen atoms in total. The van der Waals surface area contributed by atoms with Gasteiger partial charge in [0.05, 0.1) is 0 Å².